The van der Waals surface area contributed by atoms with E-state index in [4.69, 9.17) is 20.3 Å². The van der Waals surface area contributed by atoms with Crippen LogP contribution in [0.15, 0.2) is 17.1 Å². The smallest absolute Gasteiger partial charge is 0.350 e. The Balaban J connectivity index is 2.68. The van der Waals surface area contributed by atoms with Gasteiger partial charge >= 0.3 is 13.3 Å². The van der Waals surface area contributed by atoms with Crippen LogP contribution in [0.4, 0.5) is 5.82 Å². The van der Waals surface area contributed by atoms with Crippen LogP contribution in [-0.4, -0.2) is 31.8 Å². The van der Waals surface area contributed by atoms with Gasteiger partial charge in [0.1, 0.15) is 12.2 Å². The van der Waals surface area contributed by atoms with Crippen molar-refractivity contribution in [1.29, 1.82) is 0 Å². The van der Waals surface area contributed by atoms with Crippen molar-refractivity contribution >= 4 is 13.4 Å². The second-order valence-electron chi connectivity index (χ2n) is 3.78. The highest BCUT2D eigenvalue weighted by atomic mass is 31.2. The maximum atomic E-state index is 11.5. The quantitative estimate of drug-likeness (QED) is 0.612. The Kier molecular flexibility index (Phi) is 5.03. The predicted molar refractivity (Wildman–Crippen MR) is 65.0 cm³/mol. The number of anilines is 1. The second kappa shape index (κ2) is 6.10. The van der Waals surface area contributed by atoms with Crippen molar-refractivity contribution in [2.45, 2.75) is 26.0 Å². The first kappa shape index (κ1) is 14.8. The minimum absolute atomic E-state index is 0.125. The summed E-state index contributed by atoms with van der Waals surface area (Å²) in [6, 6.07) is 1.47. The van der Waals surface area contributed by atoms with Gasteiger partial charge in [-0.2, -0.15) is 4.98 Å². The molecule has 0 bridgehead atoms. The van der Waals surface area contributed by atoms with Crippen LogP contribution in [0.25, 0.3) is 0 Å². The van der Waals surface area contributed by atoms with Gasteiger partial charge in [-0.1, -0.05) is 6.92 Å². The normalized spacial score (nSPS) is 13.5. The molecule has 0 saturated carbocycles. The van der Waals surface area contributed by atoms with Gasteiger partial charge in [-0.25, -0.2) is 4.79 Å². The molecular weight excluding hydrogens is 261 g/mol. The second-order valence-corrected chi connectivity index (χ2v) is 5.37. The summed E-state index contributed by atoms with van der Waals surface area (Å²) in [5.74, 6) is 0.125. The highest BCUT2D eigenvalue weighted by molar-refractivity contribution is 7.51. The summed E-state index contributed by atoms with van der Waals surface area (Å²) in [6.45, 7) is 1.96. The molecule has 0 aliphatic carbocycles. The highest BCUT2D eigenvalue weighted by Crippen LogP contribution is 2.34. The molecule has 0 amide bonds. The Hall–Kier alpha value is -1.21. The molecule has 0 aromatic carbocycles. The van der Waals surface area contributed by atoms with Gasteiger partial charge in [-0.15, -0.1) is 0 Å². The number of hydrogen-bond donors (Lipinski definition) is 3. The number of aromatic nitrogens is 2. The Bertz CT molecular complexity index is 497. The number of nitrogens with zero attached hydrogens (tertiary/aromatic N) is 2. The third-order valence-electron chi connectivity index (χ3n) is 2.23. The fraction of sp³-hybridized carbons (Fsp3) is 0.556. The highest BCUT2D eigenvalue weighted by Gasteiger charge is 2.17. The van der Waals surface area contributed by atoms with Crippen LogP contribution >= 0.6 is 7.60 Å². The Morgan fingerprint density at radius 1 is 1.61 bits per heavy atom. The maximum Gasteiger partial charge on any atom is 0.350 e. The molecule has 0 radical (unpaired) electrons. The summed E-state index contributed by atoms with van der Waals surface area (Å²) in [5.41, 5.74) is 4.83. The minimum atomic E-state index is -4.20. The zero-order valence-corrected chi connectivity index (χ0v) is 10.8. The first-order valence-corrected chi connectivity index (χ1v) is 7.10. The third-order valence-corrected chi connectivity index (χ3v) is 2.72. The van der Waals surface area contributed by atoms with Crippen LogP contribution in [-0.2, 0) is 15.8 Å². The number of nitrogens with two attached hydrogens (primary N) is 1. The first-order chi connectivity index (χ1) is 8.31. The van der Waals surface area contributed by atoms with E-state index in [1.807, 2.05) is 0 Å². The lowest BCUT2D eigenvalue weighted by molar-refractivity contribution is 0.0586. The predicted octanol–water partition coefficient (Wildman–Crippen LogP) is -0.244. The lowest BCUT2D eigenvalue weighted by atomic mass is 10.3. The van der Waals surface area contributed by atoms with Gasteiger partial charge in [0, 0.05) is 6.20 Å². The summed E-state index contributed by atoms with van der Waals surface area (Å²) in [7, 11) is -4.20. The zero-order valence-electron chi connectivity index (χ0n) is 9.89. The number of hydrogen-bond acceptors (Lipinski definition) is 5. The summed E-state index contributed by atoms with van der Waals surface area (Å²) in [6.07, 6.45) is 0.842. The fourth-order valence-electron chi connectivity index (χ4n) is 1.30. The number of rotatable bonds is 6. The van der Waals surface area contributed by atoms with E-state index in [-0.39, 0.29) is 12.4 Å². The van der Waals surface area contributed by atoms with Gasteiger partial charge in [-0.05, 0) is 12.5 Å². The molecular formula is C9H16N3O5P. The van der Waals surface area contributed by atoms with Gasteiger partial charge in [0.25, 0.3) is 0 Å². The summed E-state index contributed by atoms with van der Waals surface area (Å²) in [5, 5.41) is 0. The zero-order chi connectivity index (χ0) is 13.8. The standard InChI is InChI=1S/C9H16N3O5P/c1-2-7(17-6-18(14,15)16)5-12-4-3-8(10)11-9(12)13/h3-4,7H,2,5-6H2,1H3,(H2,10,11,13)(H2,14,15,16)/t7-/m1/s1. The Morgan fingerprint density at radius 3 is 2.78 bits per heavy atom. The van der Waals surface area contributed by atoms with Gasteiger partial charge in [-0.3, -0.25) is 9.13 Å². The van der Waals surface area contributed by atoms with Crippen molar-refractivity contribution in [3.8, 4) is 0 Å². The van der Waals surface area contributed by atoms with Crippen LogP contribution in [0.5, 0.6) is 0 Å². The largest absolute Gasteiger partial charge is 0.383 e. The van der Waals surface area contributed by atoms with Crippen LogP contribution in [0.3, 0.4) is 0 Å². The lowest BCUT2D eigenvalue weighted by Crippen LogP contribution is -2.29. The minimum Gasteiger partial charge on any atom is -0.383 e. The van der Waals surface area contributed by atoms with E-state index >= 15 is 0 Å². The molecule has 102 valence electrons. The van der Waals surface area contributed by atoms with E-state index < -0.39 is 25.7 Å². The Morgan fingerprint density at radius 2 is 2.28 bits per heavy atom. The van der Waals surface area contributed by atoms with Gasteiger partial charge < -0.3 is 20.3 Å². The van der Waals surface area contributed by atoms with Crippen molar-refractivity contribution in [2.75, 3.05) is 12.1 Å². The summed E-state index contributed by atoms with van der Waals surface area (Å²) < 4.78 is 17.0. The fourth-order valence-corrected chi connectivity index (χ4v) is 1.71. The van der Waals surface area contributed by atoms with Crippen molar-refractivity contribution < 1.29 is 19.1 Å². The van der Waals surface area contributed by atoms with Crippen molar-refractivity contribution in [2.24, 2.45) is 0 Å². The summed E-state index contributed by atoms with van der Waals surface area (Å²) in [4.78, 5) is 32.4. The molecule has 0 unspecified atom stereocenters. The third kappa shape index (κ3) is 4.97. The number of nitrogen functional groups attached to an aromatic ring is 1. The SMILES string of the molecule is CC[C@H](Cn1ccc(N)nc1=O)OCP(=O)(O)O. The molecule has 1 aromatic rings. The van der Waals surface area contributed by atoms with E-state index in [9.17, 15) is 9.36 Å². The molecule has 4 N–H and O–H groups in total. The van der Waals surface area contributed by atoms with E-state index in [1.165, 1.54) is 16.8 Å². The van der Waals surface area contributed by atoms with E-state index in [0.29, 0.717) is 6.42 Å². The topological polar surface area (TPSA) is 128 Å². The molecule has 1 atom stereocenters. The molecule has 0 aliphatic rings. The Labute approximate surface area is 104 Å². The van der Waals surface area contributed by atoms with Crippen molar-refractivity contribution in [3.05, 3.63) is 22.7 Å². The van der Waals surface area contributed by atoms with Crippen LogP contribution in [0.1, 0.15) is 13.3 Å². The van der Waals surface area contributed by atoms with Crippen molar-refractivity contribution in [1.82, 2.24) is 9.55 Å². The molecule has 1 rings (SSSR count). The average Bonchev–Trinajstić information content (AvgIpc) is 2.25. The monoisotopic (exact) mass is 277 g/mol. The van der Waals surface area contributed by atoms with E-state index in [1.54, 1.807) is 6.92 Å². The molecule has 0 fully saturated rings. The molecule has 1 aromatic heterocycles. The van der Waals surface area contributed by atoms with Crippen LogP contribution in [0.2, 0.25) is 0 Å². The van der Waals surface area contributed by atoms with Gasteiger partial charge in [0.2, 0.25) is 0 Å². The molecule has 1 heterocycles. The summed E-state index contributed by atoms with van der Waals surface area (Å²) >= 11 is 0. The van der Waals surface area contributed by atoms with Crippen molar-refractivity contribution in [3.63, 3.8) is 0 Å². The van der Waals surface area contributed by atoms with E-state index in [0.717, 1.165) is 0 Å². The molecule has 0 saturated heterocycles. The molecule has 0 aliphatic heterocycles. The van der Waals surface area contributed by atoms with Crippen LogP contribution < -0.4 is 11.4 Å². The lowest BCUT2D eigenvalue weighted by Gasteiger charge is -2.17. The molecule has 9 heteroatoms. The van der Waals surface area contributed by atoms with E-state index in [2.05, 4.69) is 4.98 Å². The maximum absolute atomic E-state index is 11.5. The number of ether oxygens (including phenoxy) is 1. The molecule has 0 spiro atoms. The van der Waals surface area contributed by atoms with Gasteiger partial charge in [0.15, 0.2) is 0 Å². The first-order valence-electron chi connectivity index (χ1n) is 5.31. The molecule has 8 nitrogen and oxygen atoms in total. The molecule has 18 heavy (non-hydrogen) atoms. The van der Waals surface area contributed by atoms with Gasteiger partial charge in [0.05, 0.1) is 12.6 Å². The average molecular weight is 277 g/mol. The van der Waals surface area contributed by atoms with Crippen LogP contribution in [0, 0.1) is 0 Å².